The van der Waals surface area contributed by atoms with Crippen molar-refractivity contribution in [2.75, 3.05) is 13.2 Å². The second-order valence-electron chi connectivity index (χ2n) is 4.20. The fraction of sp³-hybridized carbons (Fsp3) is 1.00. The SMILES string of the molecule is CCC(C)(C)OC1COCCC1O. The molecule has 1 aliphatic heterocycles. The largest absolute Gasteiger partial charge is 0.390 e. The molecule has 1 aliphatic rings. The lowest BCUT2D eigenvalue weighted by Crippen LogP contribution is -2.43. The van der Waals surface area contributed by atoms with E-state index in [4.69, 9.17) is 9.47 Å². The Kier molecular flexibility index (Phi) is 3.71. The van der Waals surface area contributed by atoms with Gasteiger partial charge in [0.1, 0.15) is 6.10 Å². The molecule has 1 rings (SSSR count). The van der Waals surface area contributed by atoms with Gasteiger partial charge in [-0.15, -0.1) is 0 Å². The van der Waals surface area contributed by atoms with Crippen molar-refractivity contribution >= 4 is 0 Å². The van der Waals surface area contributed by atoms with Crippen LogP contribution in [0.25, 0.3) is 0 Å². The number of hydrogen-bond donors (Lipinski definition) is 1. The van der Waals surface area contributed by atoms with E-state index in [1.165, 1.54) is 0 Å². The second kappa shape index (κ2) is 4.40. The number of rotatable bonds is 3. The van der Waals surface area contributed by atoms with Crippen LogP contribution in [-0.2, 0) is 9.47 Å². The zero-order chi connectivity index (χ0) is 9.90. The van der Waals surface area contributed by atoms with E-state index >= 15 is 0 Å². The van der Waals surface area contributed by atoms with Crippen LogP contribution in [-0.4, -0.2) is 36.1 Å². The van der Waals surface area contributed by atoms with Crippen molar-refractivity contribution in [1.82, 2.24) is 0 Å². The molecule has 0 aliphatic carbocycles. The fourth-order valence-corrected chi connectivity index (χ4v) is 1.31. The van der Waals surface area contributed by atoms with Gasteiger partial charge in [0.05, 0.1) is 18.3 Å². The van der Waals surface area contributed by atoms with Gasteiger partial charge in [0, 0.05) is 6.61 Å². The van der Waals surface area contributed by atoms with Crippen LogP contribution in [0.2, 0.25) is 0 Å². The monoisotopic (exact) mass is 188 g/mol. The van der Waals surface area contributed by atoms with E-state index in [1.807, 2.05) is 13.8 Å². The first-order valence-corrected chi connectivity index (χ1v) is 4.99. The Labute approximate surface area is 80.0 Å². The number of hydrogen-bond acceptors (Lipinski definition) is 3. The highest BCUT2D eigenvalue weighted by Crippen LogP contribution is 2.21. The van der Waals surface area contributed by atoms with Crippen molar-refractivity contribution in [2.45, 2.75) is 51.4 Å². The van der Waals surface area contributed by atoms with Crippen molar-refractivity contribution in [2.24, 2.45) is 0 Å². The Bertz CT molecular complexity index is 156. The smallest absolute Gasteiger partial charge is 0.107 e. The van der Waals surface area contributed by atoms with Crippen LogP contribution in [0.3, 0.4) is 0 Å². The van der Waals surface area contributed by atoms with Gasteiger partial charge in [0.15, 0.2) is 0 Å². The van der Waals surface area contributed by atoms with Crippen molar-refractivity contribution < 1.29 is 14.6 Å². The first-order valence-electron chi connectivity index (χ1n) is 4.99. The van der Waals surface area contributed by atoms with Crippen molar-refractivity contribution in [3.63, 3.8) is 0 Å². The van der Waals surface area contributed by atoms with Crippen LogP contribution in [0.4, 0.5) is 0 Å². The molecule has 1 saturated heterocycles. The summed E-state index contributed by atoms with van der Waals surface area (Å²) < 4.78 is 11.0. The Balaban J connectivity index is 2.42. The van der Waals surface area contributed by atoms with Gasteiger partial charge in [-0.2, -0.15) is 0 Å². The van der Waals surface area contributed by atoms with Gasteiger partial charge in [0.2, 0.25) is 0 Å². The predicted molar refractivity (Wildman–Crippen MR) is 50.7 cm³/mol. The minimum Gasteiger partial charge on any atom is -0.390 e. The average Bonchev–Trinajstić information content (AvgIpc) is 2.09. The van der Waals surface area contributed by atoms with Crippen molar-refractivity contribution in [3.05, 3.63) is 0 Å². The molecule has 13 heavy (non-hydrogen) atoms. The topological polar surface area (TPSA) is 38.7 Å². The lowest BCUT2D eigenvalue weighted by Gasteiger charge is -2.34. The molecule has 78 valence electrons. The predicted octanol–water partition coefficient (Wildman–Crippen LogP) is 1.34. The molecular formula is C10H20O3. The zero-order valence-electron chi connectivity index (χ0n) is 8.75. The molecule has 1 N–H and O–H groups in total. The van der Waals surface area contributed by atoms with Gasteiger partial charge >= 0.3 is 0 Å². The highest BCUT2D eigenvalue weighted by Gasteiger charge is 2.29. The number of aliphatic hydroxyl groups excluding tert-OH is 1. The summed E-state index contributed by atoms with van der Waals surface area (Å²) >= 11 is 0. The van der Waals surface area contributed by atoms with Gasteiger partial charge < -0.3 is 14.6 Å². The van der Waals surface area contributed by atoms with E-state index in [0.717, 1.165) is 6.42 Å². The quantitative estimate of drug-likeness (QED) is 0.726. The molecule has 0 aromatic heterocycles. The normalized spacial score (nSPS) is 30.5. The molecule has 0 saturated carbocycles. The summed E-state index contributed by atoms with van der Waals surface area (Å²) in [6, 6.07) is 0. The van der Waals surface area contributed by atoms with Crippen LogP contribution in [0.15, 0.2) is 0 Å². The van der Waals surface area contributed by atoms with Crippen LogP contribution < -0.4 is 0 Å². The molecule has 0 bridgehead atoms. The Morgan fingerprint density at radius 3 is 2.77 bits per heavy atom. The maximum Gasteiger partial charge on any atom is 0.107 e. The zero-order valence-corrected chi connectivity index (χ0v) is 8.75. The Morgan fingerprint density at radius 2 is 2.23 bits per heavy atom. The minimum absolute atomic E-state index is 0.149. The van der Waals surface area contributed by atoms with E-state index in [0.29, 0.717) is 19.6 Å². The molecule has 0 spiro atoms. The summed E-state index contributed by atoms with van der Waals surface area (Å²) in [5, 5.41) is 9.62. The van der Waals surface area contributed by atoms with E-state index in [-0.39, 0.29) is 17.8 Å². The fourth-order valence-electron chi connectivity index (χ4n) is 1.31. The molecule has 0 aromatic rings. The van der Waals surface area contributed by atoms with Crippen molar-refractivity contribution in [3.8, 4) is 0 Å². The highest BCUT2D eigenvalue weighted by molar-refractivity contribution is 4.77. The third kappa shape index (κ3) is 3.25. The van der Waals surface area contributed by atoms with Crippen molar-refractivity contribution in [1.29, 1.82) is 0 Å². The van der Waals surface area contributed by atoms with Gasteiger partial charge in [-0.1, -0.05) is 6.92 Å². The molecule has 0 radical (unpaired) electrons. The third-order valence-electron chi connectivity index (χ3n) is 2.59. The van der Waals surface area contributed by atoms with Crippen LogP contribution in [0, 0.1) is 0 Å². The van der Waals surface area contributed by atoms with E-state index in [1.54, 1.807) is 0 Å². The number of aliphatic hydroxyl groups is 1. The van der Waals surface area contributed by atoms with Crippen LogP contribution in [0.1, 0.15) is 33.6 Å². The number of ether oxygens (including phenoxy) is 2. The molecule has 3 nitrogen and oxygen atoms in total. The minimum atomic E-state index is -0.362. The molecular weight excluding hydrogens is 168 g/mol. The molecule has 2 unspecified atom stereocenters. The first-order chi connectivity index (χ1) is 6.05. The molecule has 1 fully saturated rings. The van der Waals surface area contributed by atoms with Gasteiger partial charge in [-0.25, -0.2) is 0 Å². The average molecular weight is 188 g/mol. The summed E-state index contributed by atoms with van der Waals surface area (Å²) in [5.41, 5.74) is -0.160. The molecule has 0 amide bonds. The van der Waals surface area contributed by atoms with Gasteiger partial charge in [-0.3, -0.25) is 0 Å². The first kappa shape index (κ1) is 11.0. The Hall–Kier alpha value is -0.120. The summed E-state index contributed by atoms with van der Waals surface area (Å²) in [6.07, 6.45) is 1.11. The molecule has 2 atom stereocenters. The van der Waals surface area contributed by atoms with E-state index in [9.17, 15) is 5.11 Å². The Morgan fingerprint density at radius 1 is 1.54 bits per heavy atom. The van der Waals surface area contributed by atoms with E-state index in [2.05, 4.69) is 6.92 Å². The standard InChI is InChI=1S/C10H20O3/c1-4-10(2,3)13-9-7-12-6-5-8(9)11/h8-9,11H,4-7H2,1-3H3. The summed E-state index contributed by atoms with van der Waals surface area (Å²) in [4.78, 5) is 0. The lowest BCUT2D eigenvalue weighted by atomic mass is 10.0. The molecule has 0 aromatic carbocycles. The van der Waals surface area contributed by atoms with E-state index < -0.39 is 0 Å². The van der Waals surface area contributed by atoms with Crippen LogP contribution in [0.5, 0.6) is 0 Å². The lowest BCUT2D eigenvalue weighted by molar-refractivity contribution is -0.168. The molecule has 3 heteroatoms. The highest BCUT2D eigenvalue weighted by atomic mass is 16.6. The van der Waals surface area contributed by atoms with Crippen LogP contribution >= 0.6 is 0 Å². The van der Waals surface area contributed by atoms with Gasteiger partial charge in [0.25, 0.3) is 0 Å². The summed E-state index contributed by atoms with van der Waals surface area (Å²) in [5.74, 6) is 0. The summed E-state index contributed by atoms with van der Waals surface area (Å²) in [7, 11) is 0. The van der Waals surface area contributed by atoms with Gasteiger partial charge in [-0.05, 0) is 26.7 Å². The summed E-state index contributed by atoms with van der Waals surface area (Å²) in [6.45, 7) is 7.32. The molecule has 1 heterocycles. The second-order valence-corrected chi connectivity index (χ2v) is 4.20. The maximum atomic E-state index is 9.62. The maximum absolute atomic E-state index is 9.62. The third-order valence-corrected chi connectivity index (χ3v) is 2.59.